The quantitative estimate of drug-likeness (QED) is 0.307. The number of rotatable bonds is 3. The zero-order valence-electron chi connectivity index (χ0n) is 18.3. The van der Waals surface area contributed by atoms with Crippen LogP contribution in [0.2, 0.25) is 0 Å². The highest BCUT2D eigenvalue weighted by Crippen LogP contribution is 2.50. The minimum absolute atomic E-state index is 0.165. The number of aromatic nitrogens is 1. The Morgan fingerprint density at radius 2 is 1.79 bits per heavy atom. The number of carbonyl (C=O) groups is 1. The molecular formula is C28H22BrNO3. The summed E-state index contributed by atoms with van der Waals surface area (Å²) in [4.78, 5) is 16.7. The first kappa shape index (κ1) is 21.4. The molecule has 0 aliphatic heterocycles. The highest BCUT2D eigenvalue weighted by atomic mass is 79.9. The van der Waals surface area contributed by atoms with Gasteiger partial charge in [0.15, 0.2) is 0 Å². The van der Waals surface area contributed by atoms with Crippen molar-refractivity contribution in [1.29, 1.82) is 0 Å². The topological polar surface area (TPSA) is 59.4 Å². The van der Waals surface area contributed by atoms with Crippen LogP contribution in [0.15, 0.2) is 77.4 Å². The van der Waals surface area contributed by atoms with Gasteiger partial charge in [0.2, 0.25) is 0 Å². The number of phenolic OH excluding ortho intramolecular Hbond substituents is 1. The van der Waals surface area contributed by atoms with Gasteiger partial charge in [-0.3, -0.25) is 9.78 Å². The molecule has 5 rings (SSSR count). The van der Waals surface area contributed by atoms with E-state index in [1.165, 1.54) is 6.92 Å². The Kier molecular flexibility index (Phi) is 5.51. The molecule has 0 bridgehead atoms. The van der Waals surface area contributed by atoms with Gasteiger partial charge in [0.05, 0.1) is 5.69 Å². The normalized spacial score (nSPS) is 14.3. The number of carbonyl (C=O) groups excluding carboxylic acids is 1. The Bertz CT molecular complexity index is 1380. The van der Waals surface area contributed by atoms with Crippen LogP contribution >= 0.6 is 15.9 Å². The fourth-order valence-corrected chi connectivity index (χ4v) is 4.92. The van der Waals surface area contributed by atoms with Crippen LogP contribution in [0.3, 0.4) is 0 Å². The van der Waals surface area contributed by atoms with Crippen molar-refractivity contribution in [1.82, 2.24) is 4.98 Å². The summed E-state index contributed by atoms with van der Waals surface area (Å²) in [6.45, 7) is 3.46. The third kappa shape index (κ3) is 3.93. The Labute approximate surface area is 201 Å². The smallest absolute Gasteiger partial charge is 0.303 e. The number of pyridine rings is 1. The largest absolute Gasteiger partial charge is 0.507 e. The summed E-state index contributed by atoms with van der Waals surface area (Å²) in [5.74, 6) is -0.191. The lowest BCUT2D eigenvalue weighted by Crippen LogP contribution is -2.18. The second-order valence-corrected chi connectivity index (χ2v) is 9.20. The molecule has 1 aliphatic rings. The Hall–Kier alpha value is -3.44. The van der Waals surface area contributed by atoms with E-state index in [-0.39, 0.29) is 11.7 Å². The molecule has 0 radical (unpaired) electrons. The number of phenols is 1. The molecule has 1 unspecified atom stereocenters. The van der Waals surface area contributed by atoms with Crippen molar-refractivity contribution in [2.75, 3.05) is 0 Å². The molecule has 0 saturated heterocycles. The maximum atomic E-state index is 12.1. The standard InChI is InChI=1S/C28H22BrNO3/c1-16-12-13-30-24(14-16)21-4-3-5-22-23(21)15-26(33-17(2)31)28-20(10-11-25(32)27(22)28)18-6-8-19(29)9-7-18/h3-14,26,32H,15H2,1-2H3. The number of ether oxygens (including phenoxy) is 1. The minimum Gasteiger partial charge on any atom is -0.507 e. The molecule has 3 aromatic carbocycles. The third-order valence-electron chi connectivity index (χ3n) is 6.04. The van der Waals surface area contributed by atoms with Gasteiger partial charge in [-0.1, -0.05) is 52.3 Å². The van der Waals surface area contributed by atoms with Crippen molar-refractivity contribution in [3.05, 3.63) is 94.1 Å². The van der Waals surface area contributed by atoms with Crippen molar-refractivity contribution in [2.24, 2.45) is 0 Å². The molecule has 1 aliphatic carbocycles. The first-order valence-electron chi connectivity index (χ1n) is 10.8. The highest BCUT2D eigenvalue weighted by Gasteiger charge is 2.33. The zero-order valence-corrected chi connectivity index (χ0v) is 19.9. The number of halogens is 1. The molecular weight excluding hydrogens is 478 g/mol. The zero-order chi connectivity index (χ0) is 23.1. The molecule has 0 saturated carbocycles. The lowest BCUT2D eigenvalue weighted by Gasteiger charge is -2.31. The van der Waals surface area contributed by atoms with Gasteiger partial charge in [-0.2, -0.15) is 0 Å². The van der Waals surface area contributed by atoms with Gasteiger partial charge in [0.25, 0.3) is 0 Å². The molecule has 1 heterocycles. The van der Waals surface area contributed by atoms with Gasteiger partial charge in [0.1, 0.15) is 11.9 Å². The second-order valence-electron chi connectivity index (χ2n) is 8.28. The summed E-state index contributed by atoms with van der Waals surface area (Å²) >= 11 is 3.49. The summed E-state index contributed by atoms with van der Waals surface area (Å²) < 4.78 is 6.83. The fraction of sp³-hybridized carbons (Fsp3) is 0.143. The highest BCUT2D eigenvalue weighted by molar-refractivity contribution is 9.10. The van der Waals surface area contributed by atoms with E-state index in [0.29, 0.717) is 12.0 Å². The van der Waals surface area contributed by atoms with Gasteiger partial charge in [0, 0.05) is 40.7 Å². The van der Waals surface area contributed by atoms with E-state index in [1.807, 2.05) is 67.6 Å². The van der Waals surface area contributed by atoms with E-state index in [4.69, 9.17) is 4.74 Å². The summed E-state index contributed by atoms with van der Waals surface area (Å²) in [6, 6.07) is 21.7. The Balaban J connectivity index is 1.79. The maximum absolute atomic E-state index is 12.1. The first-order chi connectivity index (χ1) is 15.9. The Morgan fingerprint density at radius 3 is 2.52 bits per heavy atom. The molecule has 0 amide bonds. The molecule has 0 fully saturated rings. The Morgan fingerprint density at radius 1 is 1.03 bits per heavy atom. The number of fused-ring (bicyclic) bond motifs is 3. The van der Waals surface area contributed by atoms with Crippen LogP contribution in [0, 0.1) is 6.92 Å². The van der Waals surface area contributed by atoms with Crippen molar-refractivity contribution >= 4 is 21.9 Å². The van der Waals surface area contributed by atoms with Crippen LogP contribution in [-0.4, -0.2) is 16.1 Å². The summed E-state index contributed by atoms with van der Waals surface area (Å²) in [5, 5.41) is 11.0. The number of benzene rings is 3. The van der Waals surface area contributed by atoms with E-state index in [9.17, 15) is 9.90 Å². The molecule has 1 atom stereocenters. The lowest BCUT2D eigenvalue weighted by molar-refractivity contribution is -0.146. The van der Waals surface area contributed by atoms with E-state index in [0.717, 1.165) is 49.1 Å². The van der Waals surface area contributed by atoms with Gasteiger partial charge < -0.3 is 9.84 Å². The molecule has 33 heavy (non-hydrogen) atoms. The van der Waals surface area contributed by atoms with Crippen LogP contribution < -0.4 is 0 Å². The average molecular weight is 500 g/mol. The van der Waals surface area contributed by atoms with Crippen LogP contribution in [0.1, 0.15) is 29.7 Å². The average Bonchev–Trinajstić information content (AvgIpc) is 2.79. The molecule has 1 aromatic heterocycles. The molecule has 4 nitrogen and oxygen atoms in total. The second kappa shape index (κ2) is 8.49. The van der Waals surface area contributed by atoms with Crippen LogP contribution in [0.4, 0.5) is 0 Å². The molecule has 1 N–H and O–H groups in total. The van der Waals surface area contributed by atoms with Gasteiger partial charge in [-0.05, 0) is 65.1 Å². The predicted molar refractivity (Wildman–Crippen MR) is 133 cm³/mol. The first-order valence-corrected chi connectivity index (χ1v) is 11.6. The van der Waals surface area contributed by atoms with Gasteiger partial charge in [-0.15, -0.1) is 0 Å². The van der Waals surface area contributed by atoms with Crippen molar-refractivity contribution in [3.63, 3.8) is 0 Å². The monoisotopic (exact) mass is 499 g/mol. The minimum atomic E-state index is -0.526. The van der Waals surface area contributed by atoms with Gasteiger partial charge in [-0.25, -0.2) is 0 Å². The molecule has 5 heteroatoms. The summed E-state index contributed by atoms with van der Waals surface area (Å²) in [5.41, 5.74) is 8.37. The van der Waals surface area contributed by atoms with Crippen LogP contribution in [-0.2, 0) is 16.0 Å². The van der Waals surface area contributed by atoms with E-state index >= 15 is 0 Å². The number of esters is 1. The number of nitrogens with zero attached hydrogens (tertiary/aromatic N) is 1. The van der Waals surface area contributed by atoms with E-state index in [1.54, 1.807) is 12.3 Å². The van der Waals surface area contributed by atoms with Crippen LogP contribution in [0.5, 0.6) is 5.75 Å². The van der Waals surface area contributed by atoms with E-state index < -0.39 is 6.10 Å². The molecule has 4 aromatic rings. The van der Waals surface area contributed by atoms with Gasteiger partial charge >= 0.3 is 5.97 Å². The van der Waals surface area contributed by atoms with Crippen molar-refractivity contribution in [2.45, 2.75) is 26.4 Å². The number of aryl methyl sites for hydroxylation is 1. The number of hydrogen-bond acceptors (Lipinski definition) is 4. The van der Waals surface area contributed by atoms with Crippen molar-refractivity contribution in [3.8, 4) is 39.3 Å². The fourth-order valence-electron chi connectivity index (χ4n) is 4.66. The number of hydrogen-bond donors (Lipinski definition) is 1. The SMILES string of the molecule is CC(=O)OC1Cc2c(-c3cc(C)ccn3)cccc2-c2c(O)ccc(-c3ccc(Br)cc3)c21. The molecule has 164 valence electrons. The predicted octanol–water partition coefficient (Wildman–Crippen LogP) is 7.02. The summed E-state index contributed by atoms with van der Waals surface area (Å²) in [7, 11) is 0. The number of aromatic hydroxyl groups is 1. The lowest BCUT2D eigenvalue weighted by atomic mass is 9.77. The third-order valence-corrected chi connectivity index (χ3v) is 6.56. The summed E-state index contributed by atoms with van der Waals surface area (Å²) in [6.07, 6.45) is 1.77. The maximum Gasteiger partial charge on any atom is 0.303 e. The van der Waals surface area contributed by atoms with E-state index in [2.05, 4.69) is 20.9 Å². The van der Waals surface area contributed by atoms with Crippen LogP contribution in [0.25, 0.3) is 33.5 Å². The van der Waals surface area contributed by atoms with Crippen molar-refractivity contribution < 1.29 is 14.6 Å². The molecule has 0 spiro atoms.